The quantitative estimate of drug-likeness (QED) is 0.337. The van der Waals surface area contributed by atoms with Crippen LogP contribution in [0.25, 0.3) is 0 Å². The van der Waals surface area contributed by atoms with E-state index in [1.807, 2.05) is 11.1 Å². The molecule has 0 amide bonds. The van der Waals surface area contributed by atoms with E-state index in [1.54, 1.807) is 5.56 Å². The molecule has 2 nitrogen and oxygen atoms in total. The Kier molecular flexibility index (Phi) is 6.45. The van der Waals surface area contributed by atoms with E-state index in [-0.39, 0.29) is 0 Å². The highest BCUT2D eigenvalue weighted by atomic mass is 16.5. The van der Waals surface area contributed by atoms with Crippen LogP contribution in [0.1, 0.15) is 89.5 Å². The molecule has 1 aromatic rings. The van der Waals surface area contributed by atoms with Gasteiger partial charge in [-0.05, 0) is 124 Å². The van der Waals surface area contributed by atoms with Crippen LogP contribution in [-0.4, -0.2) is 27.3 Å². The predicted molar refractivity (Wildman–Crippen MR) is 135 cm³/mol. The summed E-state index contributed by atoms with van der Waals surface area (Å²) in [5.74, 6) is 4.38. The third-order valence-electron chi connectivity index (χ3n) is 10.2. The molecule has 5 rings (SSSR count). The summed E-state index contributed by atoms with van der Waals surface area (Å²) in [6.45, 7) is 6.63. The average Bonchev–Trinajstić information content (AvgIpc) is 3.15. The van der Waals surface area contributed by atoms with Crippen molar-refractivity contribution in [1.29, 1.82) is 0 Å². The molecule has 0 spiro atoms. The minimum absolute atomic E-state index is 0.573. The van der Waals surface area contributed by atoms with Crippen molar-refractivity contribution in [1.82, 2.24) is 0 Å². The summed E-state index contributed by atoms with van der Waals surface area (Å²) < 4.78 is 5.75. The molecule has 3 fully saturated rings. The summed E-state index contributed by atoms with van der Waals surface area (Å²) in [6.07, 6.45) is 14.1. The summed E-state index contributed by atoms with van der Waals surface area (Å²) >= 11 is 0. The van der Waals surface area contributed by atoms with E-state index >= 15 is 0 Å². The molecule has 2 unspecified atom stereocenters. The van der Waals surface area contributed by atoms with Crippen LogP contribution < -0.4 is 4.90 Å². The molecule has 176 valence electrons. The van der Waals surface area contributed by atoms with E-state index in [1.165, 1.54) is 69.9 Å². The third-order valence-corrected chi connectivity index (χ3v) is 10.2. The molecule has 0 bridgehead atoms. The van der Waals surface area contributed by atoms with Gasteiger partial charge in [0.15, 0.2) is 0 Å². The lowest BCUT2D eigenvalue weighted by molar-refractivity contribution is 0.0453. The molecule has 4 aliphatic carbocycles. The summed E-state index contributed by atoms with van der Waals surface area (Å²) in [5.41, 5.74) is 7.35. The van der Waals surface area contributed by atoms with Gasteiger partial charge in [-0.25, -0.2) is 0 Å². The maximum atomic E-state index is 5.75. The van der Waals surface area contributed by atoms with E-state index in [0.717, 1.165) is 42.8 Å². The van der Waals surface area contributed by atoms with Crippen molar-refractivity contribution in [2.45, 2.75) is 84.0 Å². The Balaban J connectivity index is 1.29. The monoisotopic (exact) mass is 435 g/mol. The largest absolute Gasteiger partial charge is 0.382 e. The maximum Gasteiger partial charge on any atom is 0.0468 e. The average molecular weight is 436 g/mol. The Bertz CT molecular complexity index is 824. The normalized spacial score (nSPS) is 36.4. The molecule has 2 heteroatoms. The lowest BCUT2D eigenvalue weighted by atomic mass is 9.54. The van der Waals surface area contributed by atoms with Crippen molar-refractivity contribution in [2.75, 3.05) is 32.2 Å². The summed E-state index contributed by atoms with van der Waals surface area (Å²) in [6, 6.07) is 9.42. The van der Waals surface area contributed by atoms with Gasteiger partial charge in [-0.1, -0.05) is 30.2 Å². The molecule has 3 saturated carbocycles. The van der Waals surface area contributed by atoms with E-state index in [4.69, 9.17) is 4.74 Å². The van der Waals surface area contributed by atoms with Crippen LogP contribution in [0.15, 0.2) is 35.4 Å². The van der Waals surface area contributed by atoms with Crippen molar-refractivity contribution in [3.8, 4) is 0 Å². The second-order valence-electron chi connectivity index (χ2n) is 11.8. The SMILES string of the molecule is CCOCC[C@H]1CC[C@H]2[C@@H]3CCC4CC(c5ccc(N(C)C)cc5)CCC4=C3CC[C@]12C. The number of fused-ring (bicyclic) bond motifs is 4. The standard InChI is InChI=1S/C30H45NO/c1-5-32-19-17-24-10-15-29-28-14-9-23-20-22(21-6-11-25(12-7-21)31(3)4)8-13-26(23)27(28)16-18-30(24,29)2/h6-7,11-12,22-24,28-29H,5,8-10,13-20H2,1-4H3/t22?,23?,24-,28-,29+,30-/m1/s1. The van der Waals surface area contributed by atoms with Gasteiger partial charge in [0.1, 0.15) is 0 Å². The van der Waals surface area contributed by atoms with Gasteiger partial charge < -0.3 is 9.64 Å². The fraction of sp³-hybridized carbons (Fsp3) is 0.733. The van der Waals surface area contributed by atoms with Crippen LogP contribution in [0, 0.1) is 29.1 Å². The van der Waals surface area contributed by atoms with Gasteiger partial charge in [-0.3, -0.25) is 0 Å². The first-order valence-corrected chi connectivity index (χ1v) is 13.6. The Morgan fingerprint density at radius 2 is 1.75 bits per heavy atom. The molecule has 32 heavy (non-hydrogen) atoms. The molecular formula is C30H45NO. The first kappa shape index (κ1) is 22.5. The van der Waals surface area contributed by atoms with Crippen molar-refractivity contribution < 1.29 is 4.74 Å². The number of anilines is 1. The van der Waals surface area contributed by atoms with Gasteiger partial charge in [0.25, 0.3) is 0 Å². The first-order valence-electron chi connectivity index (χ1n) is 13.6. The zero-order valence-electron chi connectivity index (χ0n) is 21.0. The van der Waals surface area contributed by atoms with Crippen molar-refractivity contribution in [2.24, 2.45) is 29.1 Å². The highest BCUT2D eigenvalue weighted by Crippen LogP contribution is 2.63. The summed E-state index contributed by atoms with van der Waals surface area (Å²) in [7, 11) is 4.26. The van der Waals surface area contributed by atoms with Crippen LogP contribution in [0.4, 0.5) is 5.69 Å². The predicted octanol–water partition coefficient (Wildman–Crippen LogP) is 7.60. The minimum Gasteiger partial charge on any atom is -0.382 e. The molecule has 0 saturated heterocycles. The fourth-order valence-corrected chi connectivity index (χ4v) is 8.42. The molecule has 0 aliphatic heterocycles. The molecule has 6 atom stereocenters. The van der Waals surface area contributed by atoms with Crippen LogP contribution in [0.3, 0.4) is 0 Å². The van der Waals surface area contributed by atoms with Crippen molar-refractivity contribution in [3.63, 3.8) is 0 Å². The second-order valence-corrected chi connectivity index (χ2v) is 11.8. The molecule has 0 heterocycles. The molecule has 0 aromatic heterocycles. The van der Waals surface area contributed by atoms with E-state index < -0.39 is 0 Å². The van der Waals surface area contributed by atoms with Gasteiger partial charge in [-0.2, -0.15) is 0 Å². The molecule has 0 N–H and O–H groups in total. The zero-order valence-corrected chi connectivity index (χ0v) is 21.0. The van der Waals surface area contributed by atoms with Crippen LogP contribution in [0.5, 0.6) is 0 Å². The number of ether oxygens (including phenoxy) is 1. The molecule has 0 radical (unpaired) electrons. The lowest BCUT2D eigenvalue weighted by Gasteiger charge is -2.51. The fourth-order valence-electron chi connectivity index (χ4n) is 8.42. The first-order chi connectivity index (χ1) is 15.5. The summed E-state index contributed by atoms with van der Waals surface area (Å²) in [5, 5.41) is 0. The minimum atomic E-state index is 0.573. The number of allylic oxidation sites excluding steroid dienone is 2. The Hall–Kier alpha value is -1.28. The number of rotatable bonds is 6. The van der Waals surface area contributed by atoms with Crippen molar-refractivity contribution >= 4 is 5.69 Å². The van der Waals surface area contributed by atoms with Gasteiger partial charge in [-0.15, -0.1) is 0 Å². The smallest absolute Gasteiger partial charge is 0.0468 e. The highest BCUT2D eigenvalue weighted by molar-refractivity contribution is 5.47. The van der Waals surface area contributed by atoms with Crippen LogP contribution in [0.2, 0.25) is 0 Å². The summed E-state index contributed by atoms with van der Waals surface area (Å²) in [4.78, 5) is 2.20. The highest BCUT2D eigenvalue weighted by Gasteiger charge is 2.53. The number of hydrogen-bond donors (Lipinski definition) is 0. The molecule has 4 aliphatic rings. The van der Waals surface area contributed by atoms with E-state index in [2.05, 4.69) is 57.1 Å². The van der Waals surface area contributed by atoms with Gasteiger partial charge in [0.05, 0.1) is 0 Å². The Morgan fingerprint density at radius 3 is 2.50 bits per heavy atom. The maximum absolute atomic E-state index is 5.75. The van der Waals surface area contributed by atoms with Gasteiger partial charge >= 0.3 is 0 Å². The number of benzene rings is 1. The Labute approximate surface area is 196 Å². The molecule has 1 aromatic carbocycles. The van der Waals surface area contributed by atoms with Crippen LogP contribution >= 0.6 is 0 Å². The van der Waals surface area contributed by atoms with Crippen molar-refractivity contribution in [3.05, 3.63) is 41.0 Å². The third kappa shape index (κ3) is 3.95. The number of hydrogen-bond acceptors (Lipinski definition) is 2. The number of nitrogens with zero attached hydrogens (tertiary/aromatic N) is 1. The topological polar surface area (TPSA) is 12.5 Å². The van der Waals surface area contributed by atoms with Gasteiger partial charge in [0.2, 0.25) is 0 Å². The molecular weight excluding hydrogens is 390 g/mol. The second kappa shape index (κ2) is 9.16. The Morgan fingerprint density at radius 1 is 0.938 bits per heavy atom. The van der Waals surface area contributed by atoms with Gasteiger partial charge in [0, 0.05) is 33.0 Å². The lowest BCUT2D eigenvalue weighted by Crippen LogP contribution is -2.41. The van der Waals surface area contributed by atoms with E-state index in [9.17, 15) is 0 Å². The zero-order chi connectivity index (χ0) is 22.3. The van der Waals surface area contributed by atoms with Crippen LogP contribution in [-0.2, 0) is 4.74 Å². The van der Waals surface area contributed by atoms with E-state index in [0.29, 0.717) is 5.41 Å².